The van der Waals surface area contributed by atoms with Gasteiger partial charge in [0.1, 0.15) is 11.4 Å². The summed E-state index contributed by atoms with van der Waals surface area (Å²) in [6.45, 7) is 17.9. The Hall–Kier alpha value is -2.02. The Morgan fingerprint density at radius 2 is 1.90 bits per heavy atom. The minimum atomic E-state index is -0.399. The van der Waals surface area contributed by atoms with Crippen LogP contribution in [0.4, 0.5) is 0 Å². The monoisotopic (exact) mass is 282 g/mol. The molecule has 1 heteroatoms. The molecule has 1 atom stereocenters. The number of hydrogen-bond acceptors (Lipinski definition) is 1. The summed E-state index contributed by atoms with van der Waals surface area (Å²) in [7, 11) is 0. The molecule has 0 spiro atoms. The van der Waals surface area contributed by atoms with E-state index < -0.39 is 5.60 Å². The van der Waals surface area contributed by atoms with Crippen molar-refractivity contribution in [3.8, 4) is 5.75 Å². The van der Waals surface area contributed by atoms with Crippen LogP contribution in [0.2, 0.25) is 0 Å². The maximum Gasteiger partial charge on any atom is 0.128 e. The fourth-order valence-electron chi connectivity index (χ4n) is 2.03. The van der Waals surface area contributed by atoms with Crippen molar-refractivity contribution < 1.29 is 4.74 Å². The van der Waals surface area contributed by atoms with E-state index in [1.165, 1.54) is 5.57 Å². The number of rotatable bonds is 8. The molecule has 0 saturated carbocycles. The summed E-state index contributed by atoms with van der Waals surface area (Å²) in [5, 5.41) is 0. The summed E-state index contributed by atoms with van der Waals surface area (Å²) in [5.41, 5.74) is 2.94. The third-order valence-electron chi connectivity index (χ3n) is 3.46. The smallest absolute Gasteiger partial charge is 0.128 e. The highest BCUT2D eigenvalue weighted by Gasteiger charge is 2.22. The number of benzene rings is 1. The molecule has 0 saturated heterocycles. The van der Waals surface area contributed by atoms with E-state index in [2.05, 4.69) is 46.6 Å². The van der Waals surface area contributed by atoms with Crippen molar-refractivity contribution in [2.24, 2.45) is 0 Å². The highest BCUT2D eigenvalue weighted by molar-refractivity contribution is 5.61. The first-order valence-corrected chi connectivity index (χ1v) is 7.29. The molecule has 112 valence electrons. The summed E-state index contributed by atoms with van der Waals surface area (Å²) >= 11 is 0. The molecule has 0 heterocycles. The van der Waals surface area contributed by atoms with Gasteiger partial charge in [-0.15, -0.1) is 0 Å². The molecular weight excluding hydrogens is 256 g/mol. The third kappa shape index (κ3) is 5.11. The first kappa shape index (κ1) is 17.0. The lowest BCUT2D eigenvalue weighted by Crippen LogP contribution is -2.29. The zero-order valence-electron chi connectivity index (χ0n) is 13.5. The van der Waals surface area contributed by atoms with Gasteiger partial charge in [0.25, 0.3) is 0 Å². The number of ether oxygens (including phenoxy) is 1. The van der Waals surface area contributed by atoms with Gasteiger partial charge in [0, 0.05) is 5.56 Å². The van der Waals surface area contributed by atoms with Crippen molar-refractivity contribution in [1.29, 1.82) is 0 Å². The van der Waals surface area contributed by atoms with Gasteiger partial charge in [-0.3, -0.25) is 0 Å². The van der Waals surface area contributed by atoms with Crippen LogP contribution in [0.5, 0.6) is 5.75 Å². The maximum absolute atomic E-state index is 6.23. The average molecular weight is 282 g/mol. The normalized spacial score (nSPS) is 12.9. The first-order chi connectivity index (χ1) is 9.94. The van der Waals surface area contributed by atoms with Crippen molar-refractivity contribution in [1.82, 2.24) is 0 Å². The van der Waals surface area contributed by atoms with Crippen LogP contribution < -0.4 is 4.74 Å². The Bertz CT molecular complexity index is 547. The van der Waals surface area contributed by atoms with Crippen LogP contribution in [0, 0.1) is 0 Å². The quantitative estimate of drug-likeness (QED) is 0.528. The molecule has 0 radical (unpaired) electrons. The van der Waals surface area contributed by atoms with Crippen LogP contribution in [0.1, 0.15) is 44.7 Å². The molecule has 0 amide bonds. The summed E-state index contributed by atoms with van der Waals surface area (Å²) < 4.78 is 6.23. The van der Waals surface area contributed by atoms with E-state index in [-0.39, 0.29) is 0 Å². The van der Waals surface area contributed by atoms with E-state index in [0.29, 0.717) is 0 Å². The van der Waals surface area contributed by atoms with E-state index in [4.69, 9.17) is 4.74 Å². The fraction of sp³-hybridized carbons (Fsp3) is 0.300. The van der Waals surface area contributed by atoms with Crippen molar-refractivity contribution in [3.05, 3.63) is 66.8 Å². The molecule has 0 aliphatic heterocycles. The molecule has 0 aromatic heterocycles. The van der Waals surface area contributed by atoms with Crippen LogP contribution in [0.25, 0.3) is 12.2 Å². The van der Waals surface area contributed by atoms with Gasteiger partial charge in [-0.2, -0.15) is 0 Å². The first-order valence-electron chi connectivity index (χ1n) is 7.29. The molecule has 1 unspecified atom stereocenters. The molecule has 0 fully saturated rings. The van der Waals surface area contributed by atoms with Crippen LogP contribution in [-0.4, -0.2) is 5.60 Å². The fourth-order valence-corrected chi connectivity index (χ4v) is 2.03. The Morgan fingerprint density at radius 3 is 2.43 bits per heavy atom. The average Bonchev–Trinajstić information content (AvgIpc) is 2.46. The van der Waals surface area contributed by atoms with Gasteiger partial charge < -0.3 is 4.74 Å². The third-order valence-corrected chi connectivity index (χ3v) is 3.46. The molecule has 0 bridgehead atoms. The molecule has 1 aromatic rings. The molecule has 0 N–H and O–H groups in total. The second kappa shape index (κ2) is 7.68. The number of allylic oxidation sites excluding steroid dienone is 2. The van der Waals surface area contributed by atoms with Crippen LogP contribution in [-0.2, 0) is 0 Å². The van der Waals surface area contributed by atoms with Crippen molar-refractivity contribution in [3.63, 3.8) is 0 Å². The van der Waals surface area contributed by atoms with Gasteiger partial charge >= 0.3 is 0 Å². The van der Waals surface area contributed by atoms with E-state index in [1.807, 2.05) is 36.4 Å². The number of hydrogen-bond donors (Lipinski definition) is 0. The van der Waals surface area contributed by atoms with Crippen molar-refractivity contribution in [2.45, 2.75) is 39.2 Å². The van der Waals surface area contributed by atoms with Crippen molar-refractivity contribution in [2.75, 3.05) is 0 Å². The topological polar surface area (TPSA) is 9.23 Å². The van der Waals surface area contributed by atoms with E-state index in [0.717, 1.165) is 29.7 Å². The van der Waals surface area contributed by atoms with Gasteiger partial charge in [-0.1, -0.05) is 55.7 Å². The lowest BCUT2D eigenvalue weighted by atomic mass is 9.98. The van der Waals surface area contributed by atoms with E-state index >= 15 is 0 Å². The lowest BCUT2D eigenvalue weighted by Gasteiger charge is -2.28. The van der Waals surface area contributed by atoms with E-state index in [9.17, 15) is 0 Å². The predicted octanol–water partition coefficient (Wildman–Crippen LogP) is 6.04. The largest absolute Gasteiger partial charge is 0.483 e. The zero-order chi connectivity index (χ0) is 15.9. The zero-order valence-corrected chi connectivity index (χ0v) is 13.5. The SMILES string of the molecule is C=Cc1ccc(C=C)c(OC(C)(C=C)CCC=C(C)C)c1. The van der Waals surface area contributed by atoms with Crippen molar-refractivity contribution >= 4 is 12.2 Å². The summed E-state index contributed by atoms with van der Waals surface area (Å²) in [5.74, 6) is 0.821. The second-order valence-electron chi connectivity index (χ2n) is 5.64. The Balaban J connectivity index is 2.98. The van der Waals surface area contributed by atoms with Gasteiger partial charge in [-0.05, 0) is 51.3 Å². The summed E-state index contributed by atoms with van der Waals surface area (Å²) in [4.78, 5) is 0. The van der Waals surface area contributed by atoms with Crippen LogP contribution in [0.3, 0.4) is 0 Å². The standard InChI is InChI=1S/C20H26O/c1-7-17-12-13-18(8-2)19(15-17)21-20(6,9-3)14-10-11-16(4)5/h7-9,11-13,15H,1-3,10,14H2,4-6H3. The van der Waals surface area contributed by atoms with Gasteiger partial charge in [0.05, 0.1) is 0 Å². The Kier molecular flexibility index (Phi) is 6.23. The maximum atomic E-state index is 6.23. The molecule has 1 aromatic carbocycles. The van der Waals surface area contributed by atoms with Gasteiger partial charge in [0.2, 0.25) is 0 Å². The lowest BCUT2D eigenvalue weighted by molar-refractivity contribution is 0.131. The van der Waals surface area contributed by atoms with Gasteiger partial charge in [0.15, 0.2) is 0 Å². The molecule has 1 rings (SSSR count). The van der Waals surface area contributed by atoms with Crippen LogP contribution >= 0.6 is 0 Å². The summed E-state index contributed by atoms with van der Waals surface area (Å²) in [6.07, 6.45) is 9.57. The molecule has 1 nitrogen and oxygen atoms in total. The highest BCUT2D eigenvalue weighted by atomic mass is 16.5. The highest BCUT2D eigenvalue weighted by Crippen LogP contribution is 2.29. The summed E-state index contributed by atoms with van der Waals surface area (Å²) in [6, 6.07) is 6.00. The molecular formula is C20H26O. The van der Waals surface area contributed by atoms with Gasteiger partial charge in [-0.25, -0.2) is 0 Å². The second-order valence-corrected chi connectivity index (χ2v) is 5.64. The minimum absolute atomic E-state index is 0.399. The predicted molar refractivity (Wildman–Crippen MR) is 94.5 cm³/mol. The van der Waals surface area contributed by atoms with E-state index in [1.54, 1.807) is 0 Å². The van der Waals surface area contributed by atoms with Crippen LogP contribution in [0.15, 0.2) is 55.7 Å². The molecule has 21 heavy (non-hydrogen) atoms. The minimum Gasteiger partial charge on any atom is -0.483 e. The molecule has 0 aliphatic carbocycles. The Morgan fingerprint density at radius 1 is 1.19 bits per heavy atom. The molecule has 0 aliphatic rings. The Labute approximate surface area is 129 Å².